The Morgan fingerprint density at radius 1 is 1.52 bits per heavy atom. The number of nitriles is 1. The third-order valence-corrected chi connectivity index (χ3v) is 4.67. The van der Waals surface area contributed by atoms with Gasteiger partial charge in [-0.05, 0) is 25.5 Å². The second-order valence-corrected chi connectivity index (χ2v) is 6.69. The van der Waals surface area contributed by atoms with Gasteiger partial charge in [-0.15, -0.1) is 0 Å². The fourth-order valence-corrected chi connectivity index (χ4v) is 3.07. The van der Waals surface area contributed by atoms with E-state index in [0.29, 0.717) is 6.07 Å². The van der Waals surface area contributed by atoms with Crippen molar-refractivity contribution in [2.45, 2.75) is 18.7 Å². The molecule has 1 atom stereocenters. The van der Waals surface area contributed by atoms with E-state index in [4.69, 9.17) is 5.26 Å². The van der Waals surface area contributed by atoms with E-state index >= 15 is 0 Å². The normalized spacial score (nSPS) is 13.0. The Kier molecular flexibility index (Phi) is 4.98. The SMILES string of the molecule is Cc1cc(S(=O)(=O)N(C)CC(C)C#N)cc([N+](=O)[O-])c1F. The van der Waals surface area contributed by atoms with Crippen molar-refractivity contribution in [1.29, 1.82) is 5.26 Å². The molecular formula is C12H14FN3O4S. The molecule has 1 unspecified atom stereocenters. The summed E-state index contributed by atoms with van der Waals surface area (Å²) in [6.45, 7) is 2.73. The fraction of sp³-hybridized carbons (Fsp3) is 0.417. The van der Waals surface area contributed by atoms with Gasteiger partial charge in [0.2, 0.25) is 15.8 Å². The third-order valence-electron chi connectivity index (χ3n) is 2.87. The molecule has 0 aliphatic heterocycles. The lowest BCUT2D eigenvalue weighted by molar-refractivity contribution is -0.387. The number of benzene rings is 1. The Morgan fingerprint density at radius 3 is 2.57 bits per heavy atom. The molecule has 0 aliphatic carbocycles. The summed E-state index contributed by atoms with van der Waals surface area (Å²) in [6.07, 6.45) is 0. The van der Waals surface area contributed by atoms with Crippen LogP contribution in [0.15, 0.2) is 17.0 Å². The van der Waals surface area contributed by atoms with Crippen molar-refractivity contribution in [2.24, 2.45) is 5.92 Å². The van der Waals surface area contributed by atoms with E-state index in [1.807, 2.05) is 6.07 Å². The Morgan fingerprint density at radius 2 is 2.10 bits per heavy atom. The largest absolute Gasteiger partial charge is 0.306 e. The van der Waals surface area contributed by atoms with Gasteiger partial charge in [0.15, 0.2) is 0 Å². The molecule has 114 valence electrons. The molecule has 0 fully saturated rings. The van der Waals surface area contributed by atoms with Crippen LogP contribution in [0.1, 0.15) is 12.5 Å². The number of halogens is 1. The average molecular weight is 315 g/mol. The zero-order valence-corrected chi connectivity index (χ0v) is 12.5. The van der Waals surface area contributed by atoms with Crippen molar-refractivity contribution >= 4 is 15.7 Å². The van der Waals surface area contributed by atoms with Crippen molar-refractivity contribution in [3.63, 3.8) is 0 Å². The van der Waals surface area contributed by atoms with Crippen molar-refractivity contribution < 1.29 is 17.7 Å². The van der Waals surface area contributed by atoms with E-state index < -0.39 is 32.4 Å². The van der Waals surface area contributed by atoms with Crippen LogP contribution in [0.4, 0.5) is 10.1 Å². The topological polar surface area (TPSA) is 104 Å². The van der Waals surface area contributed by atoms with Crippen molar-refractivity contribution in [2.75, 3.05) is 13.6 Å². The van der Waals surface area contributed by atoms with E-state index in [-0.39, 0.29) is 17.0 Å². The Balaban J connectivity index is 3.33. The lowest BCUT2D eigenvalue weighted by atomic mass is 10.2. The summed E-state index contributed by atoms with van der Waals surface area (Å²) in [4.78, 5) is 9.41. The zero-order valence-electron chi connectivity index (χ0n) is 11.7. The van der Waals surface area contributed by atoms with Crippen LogP contribution >= 0.6 is 0 Å². The van der Waals surface area contributed by atoms with Crippen molar-refractivity contribution in [1.82, 2.24) is 4.31 Å². The number of hydrogen-bond acceptors (Lipinski definition) is 5. The smallest absolute Gasteiger partial charge is 0.258 e. The van der Waals surface area contributed by atoms with Crippen molar-refractivity contribution in [3.8, 4) is 6.07 Å². The number of nitro groups is 1. The minimum atomic E-state index is -4.03. The van der Waals surface area contributed by atoms with Crippen LogP contribution in [-0.4, -0.2) is 31.2 Å². The molecular weight excluding hydrogens is 301 g/mol. The molecule has 0 saturated heterocycles. The molecule has 0 spiro atoms. The average Bonchev–Trinajstić information content (AvgIpc) is 2.40. The van der Waals surface area contributed by atoms with Crippen LogP contribution in [0.5, 0.6) is 0 Å². The molecule has 0 heterocycles. The molecule has 7 nitrogen and oxygen atoms in total. The van der Waals surface area contributed by atoms with Gasteiger partial charge in [-0.25, -0.2) is 8.42 Å². The van der Waals surface area contributed by atoms with Gasteiger partial charge < -0.3 is 0 Å². The van der Waals surface area contributed by atoms with Gasteiger partial charge in [-0.3, -0.25) is 10.1 Å². The zero-order chi connectivity index (χ0) is 16.4. The van der Waals surface area contributed by atoms with E-state index in [1.165, 1.54) is 14.0 Å². The lowest BCUT2D eigenvalue weighted by Gasteiger charge is -2.18. The van der Waals surface area contributed by atoms with E-state index in [9.17, 15) is 22.9 Å². The summed E-state index contributed by atoms with van der Waals surface area (Å²) in [5.74, 6) is -1.60. The van der Waals surface area contributed by atoms with Gasteiger partial charge in [0.1, 0.15) is 0 Å². The summed E-state index contributed by atoms with van der Waals surface area (Å²) >= 11 is 0. The first-order valence-electron chi connectivity index (χ1n) is 5.91. The van der Waals surface area contributed by atoms with E-state index in [1.54, 1.807) is 6.92 Å². The molecule has 0 saturated carbocycles. The molecule has 9 heteroatoms. The standard InChI is InChI=1S/C12H14FN3O4S/c1-8(6-14)7-15(3)21(19,20)10-4-9(2)12(13)11(5-10)16(17)18/h4-5,8H,7H2,1-3H3. The van der Waals surface area contributed by atoms with Gasteiger partial charge in [0, 0.05) is 19.7 Å². The molecule has 0 N–H and O–H groups in total. The monoisotopic (exact) mass is 315 g/mol. The molecule has 0 aromatic heterocycles. The number of sulfonamides is 1. The predicted octanol–water partition coefficient (Wildman–Crippen LogP) is 1.82. The highest BCUT2D eigenvalue weighted by Gasteiger charge is 2.27. The summed E-state index contributed by atoms with van der Waals surface area (Å²) < 4.78 is 39.1. The second-order valence-electron chi connectivity index (χ2n) is 4.65. The van der Waals surface area contributed by atoms with Crippen LogP contribution in [-0.2, 0) is 10.0 Å². The first-order chi connectivity index (χ1) is 9.61. The van der Waals surface area contributed by atoms with E-state index in [0.717, 1.165) is 10.4 Å². The molecule has 21 heavy (non-hydrogen) atoms. The van der Waals surface area contributed by atoms with Crippen LogP contribution < -0.4 is 0 Å². The molecule has 0 aliphatic rings. The highest BCUT2D eigenvalue weighted by Crippen LogP contribution is 2.26. The molecule has 0 radical (unpaired) electrons. The molecule has 1 rings (SSSR count). The number of nitrogens with zero attached hydrogens (tertiary/aromatic N) is 3. The molecule has 1 aromatic carbocycles. The first-order valence-corrected chi connectivity index (χ1v) is 7.35. The van der Waals surface area contributed by atoms with Crippen LogP contribution in [0.3, 0.4) is 0 Å². The Hall–Kier alpha value is -2.05. The van der Waals surface area contributed by atoms with Gasteiger partial charge in [-0.1, -0.05) is 0 Å². The van der Waals surface area contributed by atoms with E-state index in [2.05, 4.69) is 0 Å². The minimum absolute atomic E-state index is 0.0664. The number of rotatable bonds is 5. The number of hydrogen-bond donors (Lipinski definition) is 0. The van der Waals surface area contributed by atoms with Crippen LogP contribution in [0, 0.1) is 40.1 Å². The van der Waals surface area contributed by atoms with Gasteiger partial charge in [0.05, 0.1) is 21.8 Å². The molecule has 1 aromatic rings. The summed E-state index contributed by atoms with van der Waals surface area (Å²) in [5, 5.41) is 19.5. The fourth-order valence-electron chi connectivity index (χ4n) is 1.70. The second kappa shape index (κ2) is 6.15. The number of nitro benzene ring substituents is 1. The predicted molar refractivity (Wildman–Crippen MR) is 72.4 cm³/mol. The molecule has 0 amide bonds. The highest BCUT2D eigenvalue weighted by atomic mass is 32.2. The molecule has 0 bridgehead atoms. The van der Waals surface area contributed by atoms with Crippen LogP contribution in [0.25, 0.3) is 0 Å². The maximum atomic E-state index is 13.6. The van der Waals surface area contributed by atoms with Gasteiger partial charge >= 0.3 is 5.69 Å². The van der Waals surface area contributed by atoms with Gasteiger partial charge in [0.25, 0.3) is 0 Å². The highest BCUT2D eigenvalue weighted by molar-refractivity contribution is 7.89. The number of aryl methyl sites for hydroxylation is 1. The van der Waals surface area contributed by atoms with Gasteiger partial charge in [-0.2, -0.15) is 14.0 Å². The Labute approximate surface area is 121 Å². The Bertz CT molecular complexity index is 712. The summed E-state index contributed by atoms with van der Waals surface area (Å²) in [7, 11) is -2.77. The summed E-state index contributed by atoms with van der Waals surface area (Å²) in [6, 6.07) is 3.61. The quantitative estimate of drug-likeness (QED) is 0.609. The van der Waals surface area contributed by atoms with Crippen LogP contribution in [0.2, 0.25) is 0 Å². The minimum Gasteiger partial charge on any atom is -0.258 e. The summed E-state index contributed by atoms with van der Waals surface area (Å²) in [5.41, 5.74) is -1.03. The lowest BCUT2D eigenvalue weighted by Crippen LogP contribution is -2.31. The maximum Gasteiger partial charge on any atom is 0.306 e. The first kappa shape index (κ1) is 17.0. The van der Waals surface area contributed by atoms with Crippen molar-refractivity contribution in [3.05, 3.63) is 33.6 Å². The third kappa shape index (κ3) is 3.53. The maximum absolute atomic E-state index is 13.6.